The highest BCUT2D eigenvalue weighted by Crippen LogP contribution is 2.15. The molecule has 8 heteroatoms. The first-order valence-electron chi connectivity index (χ1n) is 9.31. The van der Waals surface area contributed by atoms with Crippen molar-refractivity contribution in [2.75, 3.05) is 22.5 Å². The number of furan rings is 1. The van der Waals surface area contributed by atoms with E-state index in [0.717, 1.165) is 0 Å². The number of carbonyl (C=O) groups excluding carboxylic acids is 3. The van der Waals surface area contributed by atoms with Gasteiger partial charge in [0.2, 0.25) is 11.8 Å². The third-order valence-corrected chi connectivity index (χ3v) is 4.07. The van der Waals surface area contributed by atoms with Crippen molar-refractivity contribution in [1.29, 1.82) is 0 Å². The van der Waals surface area contributed by atoms with E-state index in [9.17, 15) is 14.4 Å². The number of amides is 3. The van der Waals surface area contributed by atoms with E-state index in [0.29, 0.717) is 34.9 Å². The SMILES string of the molecule is CC(=O)Nc1cccc(NC(=O)CNc2ccc(C(=O)NCc3ccco3)cc2)c1. The van der Waals surface area contributed by atoms with Crippen LogP contribution in [0.15, 0.2) is 71.3 Å². The van der Waals surface area contributed by atoms with Crippen molar-refractivity contribution in [3.8, 4) is 0 Å². The van der Waals surface area contributed by atoms with Gasteiger partial charge in [-0.05, 0) is 54.6 Å². The summed E-state index contributed by atoms with van der Waals surface area (Å²) >= 11 is 0. The van der Waals surface area contributed by atoms with Gasteiger partial charge in [-0.1, -0.05) is 6.07 Å². The van der Waals surface area contributed by atoms with Gasteiger partial charge in [-0.25, -0.2) is 0 Å². The minimum atomic E-state index is -0.241. The third kappa shape index (κ3) is 6.23. The van der Waals surface area contributed by atoms with Crippen molar-refractivity contribution in [3.05, 3.63) is 78.3 Å². The second-order valence-electron chi connectivity index (χ2n) is 6.50. The van der Waals surface area contributed by atoms with Gasteiger partial charge < -0.3 is 25.7 Å². The van der Waals surface area contributed by atoms with E-state index >= 15 is 0 Å². The Morgan fingerprint density at radius 2 is 1.60 bits per heavy atom. The molecule has 3 aromatic rings. The summed E-state index contributed by atoms with van der Waals surface area (Å²) in [7, 11) is 0. The maximum atomic E-state index is 12.2. The maximum Gasteiger partial charge on any atom is 0.251 e. The van der Waals surface area contributed by atoms with Crippen LogP contribution in [-0.4, -0.2) is 24.3 Å². The molecule has 0 spiro atoms. The van der Waals surface area contributed by atoms with Gasteiger partial charge in [0.15, 0.2) is 0 Å². The van der Waals surface area contributed by atoms with Crippen molar-refractivity contribution < 1.29 is 18.8 Å². The molecule has 3 amide bonds. The van der Waals surface area contributed by atoms with Crippen molar-refractivity contribution in [2.45, 2.75) is 13.5 Å². The lowest BCUT2D eigenvalue weighted by molar-refractivity contribution is -0.115. The normalized spacial score (nSPS) is 10.2. The minimum Gasteiger partial charge on any atom is -0.467 e. The van der Waals surface area contributed by atoms with Gasteiger partial charge in [-0.15, -0.1) is 0 Å². The van der Waals surface area contributed by atoms with Gasteiger partial charge in [-0.3, -0.25) is 14.4 Å². The molecule has 0 aliphatic rings. The number of rotatable bonds is 8. The largest absolute Gasteiger partial charge is 0.467 e. The average Bonchev–Trinajstić information content (AvgIpc) is 3.24. The minimum absolute atomic E-state index is 0.0500. The monoisotopic (exact) mass is 406 g/mol. The van der Waals surface area contributed by atoms with Crippen molar-refractivity contribution in [1.82, 2.24) is 5.32 Å². The van der Waals surface area contributed by atoms with Crippen molar-refractivity contribution in [2.24, 2.45) is 0 Å². The Morgan fingerprint density at radius 1 is 0.867 bits per heavy atom. The van der Waals surface area contributed by atoms with Crippen molar-refractivity contribution in [3.63, 3.8) is 0 Å². The lowest BCUT2D eigenvalue weighted by atomic mass is 10.2. The Labute approximate surface area is 173 Å². The average molecular weight is 406 g/mol. The lowest BCUT2D eigenvalue weighted by Crippen LogP contribution is -2.23. The summed E-state index contributed by atoms with van der Waals surface area (Å²) in [4.78, 5) is 35.4. The molecule has 154 valence electrons. The number of hydrogen-bond donors (Lipinski definition) is 4. The molecule has 1 heterocycles. The van der Waals surface area contributed by atoms with Crippen LogP contribution in [-0.2, 0) is 16.1 Å². The Morgan fingerprint density at radius 3 is 2.27 bits per heavy atom. The quantitative estimate of drug-likeness (QED) is 0.459. The number of carbonyl (C=O) groups is 3. The summed E-state index contributed by atoms with van der Waals surface area (Å²) in [5, 5.41) is 11.2. The number of hydrogen-bond acceptors (Lipinski definition) is 5. The van der Waals surface area contributed by atoms with Gasteiger partial charge in [0, 0.05) is 29.5 Å². The zero-order valence-corrected chi connectivity index (χ0v) is 16.4. The van der Waals surface area contributed by atoms with Crippen LogP contribution >= 0.6 is 0 Å². The van der Waals surface area contributed by atoms with E-state index in [2.05, 4.69) is 21.3 Å². The second kappa shape index (κ2) is 9.92. The van der Waals surface area contributed by atoms with Gasteiger partial charge in [0.25, 0.3) is 5.91 Å². The molecule has 30 heavy (non-hydrogen) atoms. The molecule has 1 aromatic heterocycles. The Hall–Kier alpha value is -4.07. The molecule has 0 bridgehead atoms. The summed E-state index contributed by atoms with van der Waals surface area (Å²) in [5.41, 5.74) is 2.40. The fourth-order valence-corrected chi connectivity index (χ4v) is 2.69. The molecule has 8 nitrogen and oxygen atoms in total. The molecular formula is C22H22N4O4. The third-order valence-electron chi connectivity index (χ3n) is 4.07. The van der Waals surface area contributed by atoms with Crippen LogP contribution in [0.1, 0.15) is 23.0 Å². The van der Waals surface area contributed by atoms with E-state index < -0.39 is 0 Å². The summed E-state index contributed by atoms with van der Waals surface area (Å²) in [6, 6.07) is 17.2. The molecule has 0 saturated heterocycles. The van der Waals surface area contributed by atoms with Crippen LogP contribution in [0.25, 0.3) is 0 Å². The van der Waals surface area contributed by atoms with Crippen LogP contribution in [0, 0.1) is 0 Å². The van der Waals surface area contributed by atoms with E-state index in [4.69, 9.17) is 4.42 Å². The molecule has 2 aromatic carbocycles. The first-order chi connectivity index (χ1) is 14.5. The summed E-state index contributed by atoms with van der Waals surface area (Å²) < 4.78 is 5.18. The van der Waals surface area contributed by atoms with Crippen LogP contribution in [0.3, 0.4) is 0 Å². The Bertz CT molecular complexity index is 1010. The summed E-state index contributed by atoms with van der Waals surface area (Å²) in [6.07, 6.45) is 1.55. The topological polar surface area (TPSA) is 112 Å². The molecule has 0 unspecified atom stereocenters. The number of benzene rings is 2. The van der Waals surface area contributed by atoms with E-state index in [1.54, 1.807) is 66.9 Å². The second-order valence-corrected chi connectivity index (χ2v) is 6.50. The summed E-state index contributed by atoms with van der Waals surface area (Å²) in [6.45, 7) is 1.78. The first-order valence-corrected chi connectivity index (χ1v) is 9.31. The highest BCUT2D eigenvalue weighted by Gasteiger charge is 2.07. The molecule has 0 aliphatic heterocycles. The smallest absolute Gasteiger partial charge is 0.251 e. The molecule has 3 rings (SSSR count). The maximum absolute atomic E-state index is 12.2. The van der Waals surface area contributed by atoms with E-state index in [1.807, 2.05) is 0 Å². The van der Waals surface area contributed by atoms with Crippen LogP contribution in [0.4, 0.5) is 17.1 Å². The molecule has 0 radical (unpaired) electrons. The van der Waals surface area contributed by atoms with Crippen molar-refractivity contribution >= 4 is 34.8 Å². The molecule has 0 fully saturated rings. The molecule has 4 N–H and O–H groups in total. The van der Waals surface area contributed by atoms with Gasteiger partial charge >= 0.3 is 0 Å². The number of anilines is 3. The van der Waals surface area contributed by atoms with E-state index in [1.165, 1.54) is 6.92 Å². The highest BCUT2D eigenvalue weighted by atomic mass is 16.3. The molecular weight excluding hydrogens is 384 g/mol. The Kier molecular flexibility index (Phi) is 6.83. The highest BCUT2D eigenvalue weighted by molar-refractivity contribution is 5.96. The lowest BCUT2D eigenvalue weighted by Gasteiger charge is -2.10. The Balaban J connectivity index is 1.47. The van der Waals surface area contributed by atoms with E-state index in [-0.39, 0.29) is 24.3 Å². The summed E-state index contributed by atoms with van der Waals surface area (Å²) in [5.74, 6) is 0.0403. The zero-order chi connectivity index (χ0) is 21.3. The predicted molar refractivity (Wildman–Crippen MR) is 114 cm³/mol. The standard InChI is InChI=1S/C22H22N4O4/c1-15(27)25-18-4-2-5-19(12-18)26-21(28)14-23-17-9-7-16(8-10-17)22(29)24-13-20-6-3-11-30-20/h2-12,23H,13-14H2,1H3,(H,24,29)(H,25,27)(H,26,28). The van der Waals surface area contributed by atoms with Crippen LogP contribution in [0.5, 0.6) is 0 Å². The molecule has 0 saturated carbocycles. The van der Waals surface area contributed by atoms with Gasteiger partial charge in [0.05, 0.1) is 19.4 Å². The zero-order valence-electron chi connectivity index (χ0n) is 16.4. The first kappa shape index (κ1) is 20.7. The molecule has 0 aliphatic carbocycles. The fourth-order valence-electron chi connectivity index (χ4n) is 2.69. The van der Waals surface area contributed by atoms with Crippen LogP contribution in [0.2, 0.25) is 0 Å². The van der Waals surface area contributed by atoms with Crippen LogP contribution < -0.4 is 21.3 Å². The number of nitrogens with one attached hydrogen (secondary N) is 4. The van der Waals surface area contributed by atoms with Gasteiger partial charge in [0.1, 0.15) is 5.76 Å². The predicted octanol–water partition coefficient (Wildman–Crippen LogP) is 3.22. The molecule has 0 atom stereocenters. The fraction of sp³-hybridized carbons (Fsp3) is 0.136. The van der Waals surface area contributed by atoms with Gasteiger partial charge in [-0.2, -0.15) is 0 Å².